The zero-order valence-electron chi connectivity index (χ0n) is 17.4. The SMILES string of the molecule is NC(=O)c1cnc(Nc2ccc(NC3CCNCC3)cc2)cc1NCc1ccccc1. The molecule has 0 bridgehead atoms. The van der Waals surface area contributed by atoms with Crippen LogP contribution in [0.5, 0.6) is 0 Å². The molecule has 2 heterocycles. The normalized spacial score (nSPS) is 14.1. The average molecular weight is 417 g/mol. The summed E-state index contributed by atoms with van der Waals surface area (Å²) in [4.78, 5) is 16.2. The number of piperidine rings is 1. The van der Waals surface area contributed by atoms with Gasteiger partial charge in [-0.25, -0.2) is 4.98 Å². The highest BCUT2D eigenvalue weighted by Gasteiger charge is 2.13. The molecule has 0 spiro atoms. The number of rotatable bonds is 8. The van der Waals surface area contributed by atoms with Gasteiger partial charge in [0.15, 0.2) is 0 Å². The fourth-order valence-electron chi connectivity index (χ4n) is 3.66. The maximum absolute atomic E-state index is 11.8. The molecule has 1 amide bonds. The van der Waals surface area contributed by atoms with E-state index in [0.29, 0.717) is 29.7 Å². The molecule has 1 aliphatic rings. The Morgan fingerprint density at radius 3 is 2.45 bits per heavy atom. The lowest BCUT2D eigenvalue weighted by atomic mass is 10.1. The van der Waals surface area contributed by atoms with Gasteiger partial charge in [0.2, 0.25) is 0 Å². The number of amides is 1. The Kier molecular flexibility index (Phi) is 6.64. The Morgan fingerprint density at radius 1 is 1.03 bits per heavy atom. The van der Waals surface area contributed by atoms with Crippen molar-refractivity contribution in [2.24, 2.45) is 5.73 Å². The van der Waals surface area contributed by atoms with Gasteiger partial charge in [-0.15, -0.1) is 0 Å². The molecule has 4 rings (SSSR count). The number of hydrogen-bond acceptors (Lipinski definition) is 6. The molecule has 6 N–H and O–H groups in total. The minimum Gasteiger partial charge on any atom is -0.382 e. The van der Waals surface area contributed by atoms with Crippen LogP contribution in [0.1, 0.15) is 28.8 Å². The van der Waals surface area contributed by atoms with Gasteiger partial charge < -0.3 is 27.0 Å². The van der Waals surface area contributed by atoms with Crippen LogP contribution in [-0.4, -0.2) is 30.0 Å². The molecule has 1 aromatic heterocycles. The molecule has 31 heavy (non-hydrogen) atoms. The maximum Gasteiger partial charge on any atom is 0.252 e. The van der Waals surface area contributed by atoms with Crippen molar-refractivity contribution in [3.05, 3.63) is 78.0 Å². The van der Waals surface area contributed by atoms with Gasteiger partial charge in [0.1, 0.15) is 5.82 Å². The van der Waals surface area contributed by atoms with E-state index >= 15 is 0 Å². The van der Waals surface area contributed by atoms with E-state index in [-0.39, 0.29) is 0 Å². The first-order valence-electron chi connectivity index (χ1n) is 10.6. The predicted molar refractivity (Wildman–Crippen MR) is 126 cm³/mol. The number of primary amides is 1. The van der Waals surface area contributed by atoms with E-state index in [1.165, 1.54) is 6.20 Å². The van der Waals surface area contributed by atoms with Gasteiger partial charge in [0.25, 0.3) is 5.91 Å². The Morgan fingerprint density at radius 2 is 1.74 bits per heavy atom. The van der Waals surface area contributed by atoms with E-state index in [1.807, 2.05) is 48.5 Å². The Balaban J connectivity index is 1.43. The molecule has 1 fully saturated rings. The summed E-state index contributed by atoms with van der Waals surface area (Å²) in [5.74, 6) is 0.127. The van der Waals surface area contributed by atoms with Gasteiger partial charge in [-0.3, -0.25) is 4.79 Å². The number of aromatic nitrogens is 1. The molecule has 0 saturated carbocycles. The molecule has 0 unspecified atom stereocenters. The fraction of sp³-hybridized carbons (Fsp3) is 0.250. The Hall–Kier alpha value is -3.58. The summed E-state index contributed by atoms with van der Waals surface area (Å²) >= 11 is 0. The van der Waals surface area contributed by atoms with Crippen LogP contribution in [0.4, 0.5) is 22.9 Å². The van der Waals surface area contributed by atoms with Crippen LogP contribution < -0.4 is 27.0 Å². The minimum atomic E-state index is -0.511. The number of pyridine rings is 1. The van der Waals surface area contributed by atoms with Crippen LogP contribution in [0, 0.1) is 0 Å². The average Bonchev–Trinajstić information content (AvgIpc) is 2.80. The summed E-state index contributed by atoms with van der Waals surface area (Å²) in [6.07, 6.45) is 3.77. The molecule has 160 valence electrons. The Labute approximate surface area is 182 Å². The van der Waals surface area contributed by atoms with Crippen LogP contribution >= 0.6 is 0 Å². The molecule has 0 aliphatic carbocycles. The lowest BCUT2D eigenvalue weighted by Crippen LogP contribution is -2.35. The first kappa shape index (κ1) is 20.7. The zero-order chi connectivity index (χ0) is 21.5. The van der Waals surface area contributed by atoms with Crippen molar-refractivity contribution in [2.45, 2.75) is 25.4 Å². The number of carbonyl (C=O) groups excluding carboxylic acids is 1. The molecule has 0 atom stereocenters. The first-order valence-corrected chi connectivity index (χ1v) is 10.6. The maximum atomic E-state index is 11.8. The largest absolute Gasteiger partial charge is 0.382 e. The second-order valence-corrected chi connectivity index (χ2v) is 7.69. The Bertz CT molecular complexity index is 1000. The number of hydrogen-bond donors (Lipinski definition) is 5. The highest BCUT2D eigenvalue weighted by atomic mass is 16.1. The van der Waals surface area contributed by atoms with E-state index in [9.17, 15) is 4.79 Å². The van der Waals surface area contributed by atoms with Gasteiger partial charge in [0.05, 0.1) is 11.3 Å². The summed E-state index contributed by atoms with van der Waals surface area (Å²) < 4.78 is 0. The monoisotopic (exact) mass is 416 g/mol. The van der Waals surface area contributed by atoms with E-state index < -0.39 is 5.91 Å². The molecule has 7 nitrogen and oxygen atoms in total. The van der Waals surface area contributed by atoms with Crippen LogP contribution in [0.3, 0.4) is 0 Å². The molecular weight excluding hydrogens is 388 g/mol. The van der Waals surface area contributed by atoms with Crippen molar-refractivity contribution in [3.8, 4) is 0 Å². The number of carbonyl (C=O) groups is 1. The molecule has 0 radical (unpaired) electrons. The van der Waals surface area contributed by atoms with Crippen molar-refractivity contribution in [1.29, 1.82) is 0 Å². The zero-order valence-corrected chi connectivity index (χ0v) is 17.4. The summed E-state index contributed by atoms with van der Waals surface area (Å²) in [6, 6.07) is 20.5. The van der Waals surface area contributed by atoms with E-state index in [1.54, 1.807) is 0 Å². The third-order valence-electron chi connectivity index (χ3n) is 5.36. The van der Waals surface area contributed by atoms with Crippen LogP contribution in [0.25, 0.3) is 0 Å². The lowest BCUT2D eigenvalue weighted by molar-refractivity contribution is 0.100. The predicted octanol–water partition coefficient (Wildman–Crippen LogP) is 3.70. The summed E-state index contributed by atoms with van der Waals surface area (Å²) in [7, 11) is 0. The molecule has 3 aromatic rings. The molecule has 1 saturated heterocycles. The lowest BCUT2D eigenvalue weighted by Gasteiger charge is -2.24. The van der Waals surface area contributed by atoms with Crippen molar-refractivity contribution >= 4 is 28.8 Å². The minimum absolute atomic E-state index is 0.364. The number of nitrogens with zero attached hydrogens (tertiary/aromatic N) is 1. The van der Waals surface area contributed by atoms with Gasteiger partial charge in [-0.05, 0) is 55.8 Å². The fourth-order valence-corrected chi connectivity index (χ4v) is 3.66. The number of anilines is 4. The van der Waals surface area contributed by atoms with E-state index in [2.05, 4.69) is 38.4 Å². The van der Waals surface area contributed by atoms with Gasteiger partial charge in [-0.1, -0.05) is 30.3 Å². The highest BCUT2D eigenvalue weighted by molar-refractivity contribution is 5.98. The second kappa shape index (κ2) is 9.95. The molecule has 7 heteroatoms. The second-order valence-electron chi connectivity index (χ2n) is 7.69. The van der Waals surface area contributed by atoms with Gasteiger partial charge in [-0.2, -0.15) is 0 Å². The standard InChI is InChI=1S/C24H28N6O/c25-24(31)21-16-28-23(14-22(21)27-15-17-4-2-1-3-5-17)30-19-8-6-18(7-9-19)29-20-10-12-26-13-11-20/h1-9,14,16,20,26,29H,10-13,15H2,(H2,25,31)(H2,27,28,30). The number of benzene rings is 2. The smallest absolute Gasteiger partial charge is 0.252 e. The highest BCUT2D eigenvalue weighted by Crippen LogP contribution is 2.23. The molecule has 1 aliphatic heterocycles. The van der Waals surface area contributed by atoms with Crippen molar-refractivity contribution in [1.82, 2.24) is 10.3 Å². The van der Waals surface area contributed by atoms with Crippen LogP contribution in [-0.2, 0) is 6.54 Å². The summed E-state index contributed by atoms with van der Waals surface area (Å²) in [6.45, 7) is 2.71. The molecular formula is C24H28N6O. The van der Waals surface area contributed by atoms with Crippen LogP contribution in [0.15, 0.2) is 66.9 Å². The van der Waals surface area contributed by atoms with Crippen molar-refractivity contribution < 1.29 is 4.79 Å². The van der Waals surface area contributed by atoms with Crippen molar-refractivity contribution in [2.75, 3.05) is 29.0 Å². The summed E-state index contributed by atoms with van der Waals surface area (Å²) in [5, 5.41) is 13.6. The number of nitrogens with one attached hydrogen (secondary N) is 4. The van der Waals surface area contributed by atoms with Gasteiger partial charge in [0, 0.05) is 36.2 Å². The first-order chi connectivity index (χ1) is 15.2. The van der Waals surface area contributed by atoms with E-state index in [4.69, 9.17) is 5.73 Å². The van der Waals surface area contributed by atoms with Gasteiger partial charge >= 0.3 is 0 Å². The third kappa shape index (κ3) is 5.73. The molecule has 2 aromatic carbocycles. The number of nitrogens with two attached hydrogens (primary N) is 1. The third-order valence-corrected chi connectivity index (χ3v) is 5.36. The topological polar surface area (TPSA) is 104 Å². The van der Waals surface area contributed by atoms with E-state index in [0.717, 1.165) is 42.9 Å². The summed E-state index contributed by atoms with van der Waals surface area (Å²) in [5.41, 5.74) is 9.69. The quantitative estimate of drug-likeness (QED) is 0.384. The van der Waals surface area contributed by atoms with Crippen molar-refractivity contribution in [3.63, 3.8) is 0 Å². The van der Waals surface area contributed by atoms with Crippen LogP contribution in [0.2, 0.25) is 0 Å².